The number of nitrogens with zero attached hydrogens (tertiary/aromatic N) is 3. The van der Waals surface area contributed by atoms with Crippen molar-refractivity contribution >= 4 is 27.5 Å². The molecular weight excluding hydrogens is 250 g/mol. The van der Waals surface area contributed by atoms with Crippen molar-refractivity contribution in [2.24, 2.45) is 0 Å². The second-order valence-corrected chi connectivity index (χ2v) is 4.80. The molecule has 0 bridgehead atoms. The molecule has 1 aromatic carbocycles. The summed E-state index contributed by atoms with van der Waals surface area (Å²) in [5.74, 6) is -1.01. The minimum Gasteiger partial charge on any atom is -0.476 e. The van der Waals surface area contributed by atoms with E-state index in [9.17, 15) is 4.79 Å². The van der Waals surface area contributed by atoms with Crippen molar-refractivity contribution in [1.82, 2.24) is 14.8 Å². The number of aromatic nitrogens is 3. The van der Waals surface area contributed by atoms with Crippen LogP contribution in [0.2, 0.25) is 0 Å². The molecule has 6 heteroatoms. The van der Waals surface area contributed by atoms with Gasteiger partial charge in [-0.2, -0.15) is 5.10 Å². The lowest BCUT2D eigenvalue weighted by Crippen LogP contribution is -2.01. The van der Waals surface area contributed by atoms with E-state index >= 15 is 0 Å². The van der Waals surface area contributed by atoms with E-state index in [-0.39, 0.29) is 5.69 Å². The van der Waals surface area contributed by atoms with E-state index in [0.717, 1.165) is 15.9 Å². The molecule has 3 aromatic rings. The van der Waals surface area contributed by atoms with E-state index < -0.39 is 5.97 Å². The average Bonchev–Trinajstić information content (AvgIpc) is 2.93. The van der Waals surface area contributed by atoms with Crippen molar-refractivity contribution in [1.29, 1.82) is 0 Å². The molecule has 0 radical (unpaired) electrons. The van der Waals surface area contributed by atoms with Gasteiger partial charge < -0.3 is 5.11 Å². The van der Waals surface area contributed by atoms with Crippen molar-refractivity contribution in [3.05, 3.63) is 41.2 Å². The van der Waals surface area contributed by atoms with Gasteiger partial charge in [-0.15, -0.1) is 11.3 Å². The van der Waals surface area contributed by atoms with Crippen LogP contribution in [0.4, 0.5) is 0 Å². The molecule has 2 aromatic heterocycles. The highest BCUT2D eigenvalue weighted by atomic mass is 32.1. The monoisotopic (exact) mass is 259 g/mol. The van der Waals surface area contributed by atoms with Crippen molar-refractivity contribution in [2.75, 3.05) is 0 Å². The first-order valence-electron chi connectivity index (χ1n) is 5.28. The maximum atomic E-state index is 11.0. The number of aryl methyl sites for hydroxylation is 1. The number of thiazole rings is 1. The number of aromatic carboxylic acids is 1. The Balaban J connectivity index is 2.13. The number of hydrogen-bond acceptors (Lipinski definition) is 4. The van der Waals surface area contributed by atoms with E-state index in [1.165, 1.54) is 0 Å². The molecule has 5 nitrogen and oxygen atoms in total. The summed E-state index contributed by atoms with van der Waals surface area (Å²) in [6.45, 7) is 1.73. The van der Waals surface area contributed by atoms with Gasteiger partial charge in [0.2, 0.25) is 0 Å². The van der Waals surface area contributed by atoms with E-state index in [1.54, 1.807) is 34.6 Å². The van der Waals surface area contributed by atoms with E-state index in [2.05, 4.69) is 10.1 Å². The average molecular weight is 259 g/mol. The maximum Gasteiger partial charge on any atom is 0.356 e. The lowest BCUT2D eigenvalue weighted by Gasteiger charge is -2.00. The number of benzene rings is 1. The molecule has 0 saturated carbocycles. The number of carboxylic acids is 1. The predicted octanol–water partition coefficient (Wildman–Crippen LogP) is 2.49. The standard InChI is InChI=1S/C12H9N3O2S/c1-7-5-15(14-11(7)12(16)17)8-2-3-9-10(4-8)18-6-13-9/h2-6H,1H3,(H,16,17). The Kier molecular flexibility index (Phi) is 2.38. The molecule has 0 amide bonds. The van der Waals surface area contributed by atoms with Gasteiger partial charge >= 0.3 is 5.97 Å². The highest BCUT2D eigenvalue weighted by Gasteiger charge is 2.13. The lowest BCUT2D eigenvalue weighted by molar-refractivity contribution is 0.0689. The molecule has 2 heterocycles. The van der Waals surface area contributed by atoms with E-state index in [0.29, 0.717) is 5.56 Å². The summed E-state index contributed by atoms with van der Waals surface area (Å²) in [7, 11) is 0. The van der Waals surface area contributed by atoms with Crippen molar-refractivity contribution in [3.63, 3.8) is 0 Å². The normalized spacial score (nSPS) is 10.9. The van der Waals surface area contributed by atoms with Gasteiger partial charge in [0, 0.05) is 11.8 Å². The van der Waals surface area contributed by atoms with Crippen LogP contribution in [-0.4, -0.2) is 25.8 Å². The van der Waals surface area contributed by atoms with Crippen LogP contribution in [0.25, 0.3) is 15.9 Å². The molecule has 0 atom stereocenters. The van der Waals surface area contributed by atoms with Gasteiger partial charge in [0.1, 0.15) is 0 Å². The highest BCUT2D eigenvalue weighted by molar-refractivity contribution is 7.16. The third kappa shape index (κ3) is 1.67. The molecule has 0 spiro atoms. The first kappa shape index (κ1) is 10.9. The molecular formula is C12H9N3O2S. The van der Waals surface area contributed by atoms with Crippen LogP contribution in [0, 0.1) is 6.92 Å². The van der Waals surface area contributed by atoms with Crippen LogP contribution in [0.5, 0.6) is 0 Å². The van der Waals surface area contributed by atoms with Crippen molar-refractivity contribution < 1.29 is 9.90 Å². The maximum absolute atomic E-state index is 11.0. The van der Waals surface area contributed by atoms with E-state index in [4.69, 9.17) is 5.11 Å². The molecule has 0 aliphatic heterocycles. The minimum absolute atomic E-state index is 0.0828. The fourth-order valence-electron chi connectivity index (χ4n) is 1.79. The Labute approximate surface area is 106 Å². The van der Waals surface area contributed by atoms with Crippen LogP contribution >= 0.6 is 11.3 Å². The van der Waals surface area contributed by atoms with Gasteiger partial charge in [-0.3, -0.25) is 0 Å². The Morgan fingerprint density at radius 1 is 1.44 bits per heavy atom. The summed E-state index contributed by atoms with van der Waals surface area (Å²) in [4.78, 5) is 15.2. The Bertz CT molecular complexity index is 745. The molecule has 3 rings (SSSR count). The predicted molar refractivity (Wildman–Crippen MR) is 68.4 cm³/mol. The minimum atomic E-state index is -1.01. The first-order chi connectivity index (χ1) is 8.65. The second kappa shape index (κ2) is 3.92. The largest absolute Gasteiger partial charge is 0.476 e. The molecule has 0 unspecified atom stereocenters. The number of carboxylic acid groups (broad SMARTS) is 1. The van der Waals surface area contributed by atoms with Crippen LogP contribution < -0.4 is 0 Å². The zero-order chi connectivity index (χ0) is 12.7. The highest BCUT2D eigenvalue weighted by Crippen LogP contribution is 2.21. The van der Waals surface area contributed by atoms with Crippen LogP contribution in [0.15, 0.2) is 29.9 Å². The van der Waals surface area contributed by atoms with Gasteiger partial charge in [0.25, 0.3) is 0 Å². The Morgan fingerprint density at radius 3 is 3.00 bits per heavy atom. The topological polar surface area (TPSA) is 68.0 Å². The molecule has 18 heavy (non-hydrogen) atoms. The summed E-state index contributed by atoms with van der Waals surface area (Å²) in [6, 6.07) is 5.73. The Morgan fingerprint density at radius 2 is 2.28 bits per heavy atom. The van der Waals surface area contributed by atoms with Crippen molar-refractivity contribution in [3.8, 4) is 5.69 Å². The van der Waals surface area contributed by atoms with Gasteiger partial charge in [0.15, 0.2) is 5.69 Å². The zero-order valence-electron chi connectivity index (χ0n) is 9.49. The molecule has 0 aliphatic rings. The van der Waals surface area contributed by atoms with Crippen LogP contribution in [0.3, 0.4) is 0 Å². The fraction of sp³-hybridized carbons (Fsp3) is 0.0833. The van der Waals surface area contributed by atoms with E-state index in [1.807, 2.05) is 18.2 Å². The van der Waals surface area contributed by atoms with Crippen molar-refractivity contribution in [2.45, 2.75) is 6.92 Å². The van der Waals surface area contributed by atoms with Crippen LogP contribution in [0.1, 0.15) is 16.1 Å². The van der Waals surface area contributed by atoms with Gasteiger partial charge in [0.05, 0.1) is 21.4 Å². The smallest absolute Gasteiger partial charge is 0.356 e. The SMILES string of the molecule is Cc1cn(-c2ccc3ncsc3c2)nc1C(=O)O. The number of fused-ring (bicyclic) bond motifs is 1. The lowest BCUT2D eigenvalue weighted by atomic mass is 10.3. The summed E-state index contributed by atoms with van der Waals surface area (Å²) in [5.41, 5.74) is 4.28. The van der Waals surface area contributed by atoms with Crippen LogP contribution in [-0.2, 0) is 0 Å². The number of hydrogen-bond donors (Lipinski definition) is 1. The Hall–Kier alpha value is -2.21. The second-order valence-electron chi connectivity index (χ2n) is 3.91. The summed E-state index contributed by atoms with van der Waals surface area (Å²) in [6.07, 6.45) is 1.71. The fourth-order valence-corrected chi connectivity index (χ4v) is 2.50. The molecule has 0 saturated heterocycles. The quantitative estimate of drug-likeness (QED) is 0.767. The summed E-state index contributed by atoms with van der Waals surface area (Å²) < 4.78 is 2.63. The van der Waals surface area contributed by atoms with Gasteiger partial charge in [-0.05, 0) is 25.1 Å². The zero-order valence-corrected chi connectivity index (χ0v) is 10.3. The summed E-state index contributed by atoms with van der Waals surface area (Å²) >= 11 is 1.54. The number of carbonyl (C=O) groups is 1. The molecule has 1 N–H and O–H groups in total. The third-order valence-electron chi connectivity index (χ3n) is 2.68. The molecule has 0 aliphatic carbocycles. The first-order valence-corrected chi connectivity index (χ1v) is 6.16. The molecule has 90 valence electrons. The van der Waals surface area contributed by atoms with Gasteiger partial charge in [-0.25, -0.2) is 14.5 Å². The third-order valence-corrected chi connectivity index (χ3v) is 3.47. The van der Waals surface area contributed by atoms with Gasteiger partial charge in [-0.1, -0.05) is 0 Å². The number of rotatable bonds is 2. The summed E-state index contributed by atoms with van der Waals surface area (Å²) in [5, 5.41) is 13.1. The molecule has 0 fully saturated rings.